The molecule has 18 heavy (non-hydrogen) atoms. The first kappa shape index (κ1) is 12.5. The Labute approximate surface area is 111 Å². The molecule has 0 radical (unpaired) electrons. The van der Waals surface area contributed by atoms with Crippen molar-refractivity contribution in [1.29, 1.82) is 5.26 Å². The van der Waals surface area contributed by atoms with E-state index in [-0.39, 0.29) is 17.1 Å². The molecule has 2 rings (SSSR count). The normalized spacial score (nSPS) is 9.89. The molecule has 2 aromatic carbocycles. The molecule has 0 saturated carbocycles. The van der Waals surface area contributed by atoms with E-state index in [1.165, 1.54) is 0 Å². The molecule has 0 fully saturated rings. The van der Waals surface area contributed by atoms with Crippen molar-refractivity contribution in [1.82, 2.24) is 0 Å². The Morgan fingerprint density at radius 3 is 2.33 bits per heavy atom. The second kappa shape index (κ2) is 5.15. The van der Waals surface area contributed by atoms with Crippen molar-refractivity contribution in [3.63, 3.8) is 0 Å². The van der Waals surface area contributed by atoms with Crippen LogP contribution >= 0.6 is 15.9 Å². The smallest absolute Gasteiger partial charge is 0.146 e. The molecule has 0 aromatic heterocycles. The third-order valence-corrected chi connectivity index (χ3v) is 2.62. The summed E-state index contributed by atoms with van der Waals surface area (Å²) in [7, 11) is 0. The molecule has 0 atom stereocenters. The third-order valence-electron chi connectivity index (χ3n) is 2.13. The monoisotopic (exact) mass is 309 g/mol. The average Bonchev–Trinajstić information content (AvgIpc) is 2.27. The van der Waals surface area contributed by atoms with Gasteiger partial charge in [-0.25, -0.2) is 8.78 Å². The van der Waals surface area contributed by atoms with Gasteiger partial charge in [0.15, 0.2) is 0 Å². The van der Waals surface area contributed by atoms with Crippen LogP contribution in [0.5, 0.6) is 11.5 Å². The predicted molar refractivity (Wildman–Crippen MR) is 65.3 cm³/mol. The highest BCUT2D eigenvalue weighted by Crippen LogP contribution is 2.29. The van der Waals surface area contributed by atoms with Crippen molar-refractivity contribution in [2.24, 2.45) is 0 Å². The fraction of sp³-hybridized carbons (Fsp3) is 0. The molecule has 0 saturated heterocycles. The summed E-state index contributed by atoms with van der Waals surface area (Å²) < 4.78 is 32.0. The number of ether oxygens (including phenoxy) is 1. The van der Waals surface area contributed by atoms with Gasteiger partial charge in [-0.15, -0.1) is 0 Å². The van der Waals surface area contributed by atoms with Crippen molar-refractivity contribution < 1.29 is 13.5 Å². The molecular formula is C13H6BrF2NO. The minimum Gasteiger partial charge on any atom is -0.456 e. The standard InChI is InChI=1S/C13H6BrF2NO/c14-9-2-1-8(7-17)13(3-9)18-12-5-10(15)4-11(16)6-12/h1-6H. The highest BCUT2D eigenvalue weighted by Gasteiger charge is 2.07. The second-order valence-corrected chi connectivity index (χ2v) is 4.38. The van der Waals surface area contributed by atoms with Gasteiger partial charge in [0.2, 0.25) is 0 Å². The Hall–Kier alpha value is -1.93. The topological polar surface area (TPSA) is 33.0 Å². The van der Waals surface area contributed by atoms with Crippen molar-refractivity contribution in [2.75, 3.05) is 0 Å². The Kier molecular flexibility index (Phi) is 3.58. The van der Waals surface area contributed by atoms with E-state index in [0.717, 1.165) is 18.2 Å². The summed E-state index contributed by atoms with van der Waals surface area (Å²) in [6, 6.07) is 9.57. The Balaban J connectivity index is 2.39. The molecule has 0 amide bonds. The number of nitriles is 1. The fourth-order valence-electron chi connectivity index (χ4n) is 1.39. The van der Waals surface area contributed by atoms with E-state index < -0.39 is 11.6 Å². The molecule has 0 heterocycles. The minimum absolute atomic E-state index is 0.00194. The number of benzene rings is 2. The maximum Gasteiger partial charge on any atom is 0.146 e. The number of nitrogens with zero attached hydrogens (tertiary/aromatic N) is 1. The largest absolute Gasteiger partial charge is 0.456 e. The van der Waals surface area contributed by atoms with E-state index >= 15 is 0 Å². The average molecular weight is 310 g/mol. The van der Waals surface area contributed by atoms with E-state index in [1.807, 2.05) is 6.07 Å². The van der Waals surface area contributed by atoms with Crippen molar-refractivity contribution in [2.45, 2.75) is 0 Å². The Morgan fingerprint density at radius 1 is 1.06 bits per heavy atom. The molecule has 0 bridgehead atoms. The first-order chi connectivity index (χ1) is 8.58. The van der Waals surface area contributed by atoms with Crippen LogP contribution in [-0.2, 0) is 0 Å². The summed E-state index contributed by atoms with van der Waals surface area (Å²) in [6.45, 7) is 0. The highest BCUT2D eigenvalue weighted by molar-refractivity contribution is 9.10. The van der Waals surface area contributed by atoms with E-state index in [2.05, 4.69) is 15.9 Å². The van der Waals surface area contributed by atoms with E-state index in [1.54, 1.807) is 18.2 Å². The van der Waals surface area contributed by atoms with Crippen LogP contribution in [0.4, 0.5) is 8.78 Å². The first-order valence-corrected chi connectivity index (χ1v) is 5.71. The summed E-state index contributed by atoms with van der Waals surface area (Å²) in [4.78, 5) is 0. The van der Waals surface area contributed by atoms with E-state index in [9.17, 15) is 8.78 Å². The molecule has 0 aliphatic heterocycles. The van der Waals surface area contributed by atoms with Crippen LogP contribution in [-0.4, -0.2) is 0 Å². The molecule has 0 aliphatic rings. The first-order valence-electron chi connectivity index (χ1n) is 4.92. The van der Waals surface area contributed by atoms with Crippen LogP contribution in [0.15, 0.2) is 40.9 Å². The summed E-state index contributed by atoms with van der Waals surface area (Å²) in [6.07, 6.45) is 0. The van der Waals surface area contributed by atoms with Crippen LogP contribution in [0.2, 0.25) is 0 Å². The van der Waals surface area contributed by atoms with Gasteiger partial charge < -0.3 is 4.74 Å². The van der Waals surface area contributed by atoms with Gasteiger partial charge in [0.1, 0.15) is 29.2 Å². The second-order valence-electron chi connectivity index (χ2n) is 3.46. The SMILES string of the molecule is N#Cc1ccc(Br)cc1Oc1cc(F)cc(F)c1. The van der Waals surface area contributed by atoms with Crippen LogP contribution in [0.3, 0.4) is 0 Å². The number of hydrogen-bond donors (Lipinski definition) is 0. The lowest BCUT2D eigenvalue weighted by Gasteiger charge is -2.08. The van der Waals surface area contributed by atoms with Gasteiger partial charge in [-0.2, -0.15) is 5.26 Å². The van der Waals surface area contributed by atoms with Gasteiger partial charge in [-0.3, -0.25) is 0 Å². The molecule has 5 heteroatoms. The Morgan fingerprint density at radius 2 is 1.72 bits per heavy atom. The zero-order valence-electron chi connectivity index (χ0n) is 8.95. The summed E-state index contributed by atoms with van der Waals surface area (Å²) in [5.41, 5.74) is 0.280. The molecule has 0 aliphatic carbocycles. The van der Waals surface area contributed by atoms with Crippen molar-refractivity contribution >= 4 is 15.9 Å². The number of hydrogen-bond acceptors (Lipinski definition) is 2. The lowest BCUT2D eigenvalue weighted by Crippen LogP contribution is -1.90. The summed E-state index contributed by atoms with van der Waals surface area (Å²) in [5.74, 6) is -1.24. The van der Waals surface area contributed by atoms with Gasteiger partial charge in [-0.05, 0) is 18.2 Å². The molecule has 2 nitrogen and oxygen atoms in total. The lowest BCUT2D eigenvalue weighted by atomic mass is 10.2. The van der Waals surface area contributed by atoms with E-state index in [0.29, 0.717) is 4.47 Å². The van der Waals surface area contributed by atoms with E-state index in [4.69, 9.17) is 10.00 Å². The van der Waals surface area contributed by atoms with Gasteiger partial charge >= 0.3 is 0 Å². The summed E-state index contributed by atoms with van der Waals surface area (Å²) in [5, 5.41) is 8.90. The Bertz CT molecular complexity index is 617. The van der Waals surface area contributed by atoms with Crippen LogP contribution < -0.4 is 4.74 Å². The maximum absolute atomic E-state index is 13.0. The maximum atomic E-state index is 13.0. The van der Waals surface area contributed by atoms with Crippen molar-refractivity contribution in [3.05, 3.63) is 58.1 Å². The molecule has 0 N–H and O–H groups in total. The molecular weight excluding hydrogens is 304 g/mol. The van der Waals surface area contributed by atoms with Crippen LogP contribution in [0.25, 0.3) is 0 Å². The van der Waals surface area contributed by atoms with Gasteiger partial charge in [0.25, 0.3) is 0 Å². The van der Waals surface area contributed by atoms with Crippen LogP contribution in [0.1, 0.15) is 5.56 Å². The zero-order chi connectivity index (χ0) is 13.1. The molecule has 0 unspecified atom stereocenters. The third kappa shape index (κ3) is 2.84. The number of rotatable bonds is 2. The fourth-order valence-corrected chi connectivity index (χ4v) is 1.73. The number of halogens is 3. The van der Waals surface area contributed by atoms with Gasteiger partial charge in [-0.1, -0.05) is 15.9 Å². The van der Waals surface area contributed by atoms with Crippen LogP contribution in [0, 0.1) is 23.0 Å². The minimum atomic E-state index is -0.737. The lowest BCUT2D eigenvalue weighted by molar-refractivity contribution is 0.466. The quantitative estimate of drug-likeness (QED) is 0.824. The summed E-state index contributed by atoms with van der Waals surface area (Å²) >= 11 is 3.23. The zero-order valence-corrected chi connectivity index (χ0v) is 10.5. The predicted octanol–water partition coefficient (Wildman–Crippen LogP) is 4.39. The molecule has 2 aromatic rings. The molecule has 0 spiro atoms. The van der Waals surface area contributed by atoms with Crippen molar-refractivity contribution in [3.8, 4) is 17.6 Å². The van der Waals surface area contributed by atoms with Gasteiger partial charge in [0, 0.05) is 22.7 Å². The highest BCUT2D eigenvalue weighted by atomic mass is 79.9. The molecule has 90 valence electrons. The van der Waals surface area contributed by atoms with Gasteiger partial charge in [0.05, 0.1) is 5.56 Å².